The van der Waals surface area contributed by atoms with Crippen molar-refractivity contribution in [3.63, 3.8) is 0 Å². The number of nitrogens with zero attached hydrogens (tertiary/aromatic N) is 2. The standard InChI is InChI=1S/C13H11N3O3/c1-7-3-4-16-10(7)12(17)15-9-5-8(13(18)19-2)6-14-11(9)16/h3-6H,1-2H3,(H,15,17). The Morgan fingerprint density at radius 1 is 1.47 bits per heavy atom. The van der Waals surface area contributed by atoms with E-state index in [0.29, 0.717) is 22.2 Å². The van der Waals surface area contributed by atoms with Gasteiger partial charge in [0, 0.05) is 12.4 Å². The molecule has 1 N–H and O–H groups in total. The van der Waals surface area contributed by atoms with Crippen molar-refractivity contribution < 1.29 is 9.53 Å². The average molecular weight is 257 g/mol. The first kappa shape index (κ1) is 11.5. The van der Waals surface area contributed by atoms with E-state index in [9.17, 15) is 9.59 Å². The highest BCUT2D eigenvalue weighted by molar-refractivity contribution is 5.92. The van der Waals surface area contributed by atoms with Gasteiger partial charge in [0.1, 0.15) is 5.52 Å². The van der Waals surface area contributed by atoms with E-state index in [1.54, 1.807) is 16.7 Å². The number of carbonyl (C=O) groups is 1. The second-order valence-corrected chi connectivity index (χ2v) is 4.26. The number of methoxy groups -OCH3 is 1. The summed E-state index contributed by atoms with van der Waals surface area (Å²) in [5, 5.41) is 0. The summed E-state index contributed by atoms with van der Waals surface area (Å²) < 4.78 is 6.34. The van der Waals surface area contributed by atoms with Crippen LogP contribution in [0.1, 0.15) is 15.9 Å². The fourth-order valence-electron chi connectivity index (χ4n) is 2.15. The van der Waals surface area contributed by atoms with Crippen LogP contribution >= 0.6 is 0 Å². The minimum Gasteiger partial charge on any atom is -0.465 e. The summed E-state index contributed by atoms with van der Waals surface area (Å²) in [7, 11) is 1.30. The van der Waals surface area contributed by atoms with E-state index >= 15 is 0 Å². The second-order valence-electron chi connectivity index (χ2n) is 4.26. The van der Waals surface area contributed by atoms with Gasteiger partial charge in [-0.3, -0.25) is 9.20 Å². The number of pyridine rings is 1. The van der Waals surface area contributed by atoms with E-state index in [-0.39, 0.29) is 5.56 Å². The lowest BCUT2D eigenvalue weighted by atomic mass is 10.2. The fraction of sp³-hybridized carbons (Fsp3) is 0.154. The number of H-pyrrole nitrogens is 1. The van der Waals surface area contributed by atoms with Crippen molar-refractivity contribution in [3.05, 3.63) is 46.0 Å². The highest BCUT2D eigenvalue weighted by Crippen LogP contribution is 2.15. The second kappa shape index (κ2) is 3.94. The van der Waals surface area contributed by atoms with Crippen molar-refractivity contribution in [2.45, 2.75) is 6.92 Å². The lowest BCUT2D eigenvalue weighted by molar-refractivity contribution is 0.0600. The van der Waals surface area contributed by atoms with Crippen LogP contribution in [0.15, 0.2) is 29.3 Å². The maximum atomic E-state index is 12.0. The highest BCUT2D eigenvalue weighted by atomic mass is 16.5. The number of hydrogen-bond acceptors (Lipinski definition) is 4. The predicted molar refractivity (Wildman–Crippen MR) is 69.4 cm³/mol. The SMILES string of the molecule is COC(=O)c1cnc2c(c1)[nH]c(=O)c1c(C)ccn12. The molecule has 19 heavy (non-hydrogen) atoms. The van der Waals surface area contributed by atoms with Crippen LogP contribution in [0.5, 0.6) is 0 Å². The van der Waals surface area contributed by atoms with Gasteiger partial charge in [0.05, 0.1) is 18.2 Å². The third kappa shape index (κ3) is 1.61. The van der Waals surface area contributed by atoms with E-state index in [1.165, 1.54) is 13.3 Å². The Bertz CT molecular complexity index is 861. The van der Waals surface area contributed by atoms with Crippen LogP contribution in [-0.4, -0.2) is 27.4 Å². The van der Waals surface area contributed by atoms with Crippen LogP contribution in [0.3, 0.4) is 0 Å². The Balaban J connectivity index is 2.40. The number of aromatic amines is 1. The molecule has 3 heterocycles. The van der Waals surface area contributed by atoms with Crippen LogP contribution < -0.4 is 5.56 Å². The monoisotopic (exact) mass is 257 g/mol. The van der Waals surface area contributed by atoms with E-state index in [4.69, 9.17) is 0 Å². The number of esters is 1. The number of aromatic nitrogens is 3. The van der Waals surface area contributed by atoms with Gasteiger partial charge < -0.3 is 9.72 Å². The summed E-state index contributed by atoms with van der Waals surface area (Å²) in [5.74, 6) is -0.487. The number of rotatable bonds is 1. The number of nitrogens with one attached hydrogen (secondary N) is 1. The maximum absolute atomic E-state index is 12.0. The molecule has 0 amide bonds. The lowest BCUT2D eigenvalue weighted by Gasteiger charge is -2.04. The Hall–Kier alpha value is -2.63. The number of fused-ring (bicyclic) bond motifs is 3. The Labute approximate surface area is 107 Å². The number of hydrogen-bond donors (Lipinski definition) is 1. The van der Waals surface area contributed by atoms with Gasteiger partial charge in [-0.2, -0.15) is 0 Å². The molecule has 0 unspecified atom stereocenters. The molecule has 96 valence electrons. The largest absolute Gasteiger partial charge is 0.465 e. The molecule has 3 aromatic heterocycles. The van der Waals surface area contributed by atoms with E-state index in [0.717, 1.165) is 5.56 Å². The third-order valence-electron chi connectivity index (χ3n) is 3.07. The van der Waals surface area contributed by atoms with Gasteiger partial charge in [0.2, 0.25) is 0 Å². The van der Waals surface area contributed by atoms with E-state index < -0.39 is 5.97 Å². The minimum atomic E-state index is -0.487. The molecular formula is C13H11N3O3. The molecular weight excluding hydrogens is 246 g/mol. The minimum absolute atomic E-state index is 0.209. The molecule has 0 aromatic carbocycles. The van der Waals surface area contributed by atoms with E-state index in [2.05, 4.69) is 14.7 Å². The van der Waals surface area contributed by atoms with Crippen LogP contribution in [0.4, 0.5) is 0 Å². The summed E-state index contributed by atoms with van der Waals surface area (Å²) >= 11 is 0. The van der Waals surface area contributed by atoms with Gasteiger partial charge in [0.15, 0.2) is 5.65 Å². The van der Waals surface area contributed by atoms with Crippen LogP contribution in [0.25, 0.3) is 16.7 Å². The summed E-state index contributed by atoms with van der Waals surface area (Å²) in [6.07, 6.45) is 3.22. The molecule has 0 saturated carbocycles. The fourth-order valence-corrected chi connectivity index (χ4v) is 2.15. The molecule has 3 aromatic rings. The molecule has 0 radical (unpaired) electrons. The van der Waals surface area contributed by atoms with Gasteiger partial charge in [-0.25, -0.2) is 9.78 Å². The quantitative estimate of drug-likeness (QED) is 0.666. The van der Waals surface area contributed by atoms with Gasteiger partial charge in [0.25, 0.3) is 5.56 Å². The highest BCUT2D eigenvalue weighted by Gasteiger charge is 2.12. The van der Waals surface area contributed by atoms with Crippen LogP contribution in [-0.2, 0) is 4.74 Å². The Morgan fingerprint density at radius 3 is 3.00 bits per heavy atom. The summed E-state index contributed by atoms with van der Waals surface area (Å²) in [6.45, 7) is 1.86. The molecule has 0 bridgehead atoms. The first-order chi connectivity index (χ1) is 9.11. The third-order valence-corrected chi connectivity index (χ3v) is 3.07. The number of ether oxygens (including phenoxy) is 1. The molecule has 0 atom stereocenters. The molecule has 0 aliphatic carbocycles. The van der Waals surface area contributed by atoms with Crippen molar-refractivity contribution >= 4 is 22.6 Å². The zero-order valence-electron chi connectivity index (χ0n) is 10.4. The van der Waals surface area contributed by atoms with Crippen molar-refractivity contribution in [3.8, 4) is 0 Å². The summed E-state index contributed by atoms with van der Waals surface area (Å²) in [4.78, 5) is 30.4. The first-order valence-electron chi connectivity index (χ1n) is 5.70. The van der Waals surface area contributed by atoms with Gasteiger partial charge >= 0.3 is 5.97 Å². The van der Waals surface area contributed by atoms with Crippen LogP contribution in [0.2, 0.25) is 0 Å². The van der Waals surface area contributed by atoms with Crippen molar-refractivity contribution in [1.82, 2.24) is 14.4 Å². The van der Waals surface area contributed by atoms with Gasteiger partial charge in [-0.15, -0.1) is 0 Å². The van der Waals surface area contributed by atoms with Crippen molar-refractivity contribution in [2.75, 3.05) is 7.11 Å². The molecule has 3 rings (SSSR count). The Kier molecular flexibility index (Phi) is 2.38. The maximum Gasteiger partial charge on any atom is 0.339 e. The lowest BCUT2D eigenvalue weighted by Crippen LogP contribution is -2.12. The zero-order valence-corrected chi connectivity index (χ0v) is 10.4. The van der Waals surface area contributed by atoms with Crippen LogP contribution in [0, 0.1) is 6.92 Å². The zero-order chi connectivity index (χ0) is 13.6. The summed E-state index contributed by atoms with van der Waals surface area (Å²) in [6, 6.07) is 3.41. The molecule has 0 aliphatic rings. The molecule has 6 heteroatoms. The average Bonchev–Trinajstić information content (AvgIpc) is 2.80. The van der Waals surface area contributed by atoms with E-state index in [1.807, 2.05) is 13.0 Å². The molecule has 0 saturated heterocycles. The molecule has 0 fully saturated rings. The predicted octanol–water partition coefficient (Wildman–Crippen LogP) is 1.27. The van der Waals surface area contributed by atoms with Gasteiger partial charge in [-0.1, -0.05) is 0 Å². The number of aryl methyl sites for hydroxylation is 1. The van der Waals surface area contributed by atoms with Crippen molar-refractivity contribution in [2.24, 2.45) is 0 Å². The summed E-state index contributed by atoms with van der Waals surface area (Å²) in [5.41, 5.74) is 2.62. The smallest absolute Gasteiger partial charge is 0.339 e. The Morgan fingerprint density at radius 2 is 2.26 bits per heavy atom. The topological polar surface area (TPSA) is 76.5 Å². The first-order valence-corrected chi connectivity index (χ1v) is 5.70. The normalized spacial score (nSPS) is 11.1. The number of carbonyl (C=O) groups excluding carboxylic acids is 1. The van der Waals surface area contributed by atoms with Crippen molar-refractivity contribution in [1.29, 1.82) is 0 Å². The van der Waals surface area contributed by atoms with Gasteiger partial charge in [-0.05, 0) is 24.6 Å². The molecule has 0 spiro atoms. The molecule has 6 nitrogen and oxygen atoms in total. The molecule has 0 aliphatic heterocycles.